The van der Waals surface area contributed by atoms with E-state index in [1.807, 2.05) is 23.6 Å². The minimum atomic E-state index is -0.103. The van der Waals surface area contributed by atoms with Crippen LogP contribution in [0.5, 0.6) is 11.5 Å². The van der Waals surface area contributed by atoms with Crippen molar-refractivity contribution in [2.45, 2.75) is 26.9 Å². The molecule has 2 aromatic rings. The summed E-state index contributed by atoms with van der Waals surface area (Å²) in [5, 5.41) is 5.33. The summed E-state index contributed by atoms with van der Waals surface area (Å²) < 4.78 is 10.6. The van der Waals surface area contributed by atoms with Gasteiger partial charge >= 0.3 is 0 Å². The first-order valence-electron chi connectivity index (χ1n) is 7.71. The molecule has 6 nitrogen and oxygen atoms in total. The summed E-state index contributed by atoms with van der Waals surface area (Å²) >= 11 is 1.44. The molecule has 0 saturated heterocycles. The van der Waals surface area contributed by atoms with Crippen LogP contribution in [0.15, 0.2) is 23.6 Å². The highest BCUT2D eigenvalue weighted by Gasteiger charge is 2.11. The number of benzene rings is 1. The Kier molecular flexibility index (Phi) is 6.57. The molecule has 1 aromatic carbocycles. The summed E-state index contributed by atoms with van der Waals surface area (Å²) in [7, 11) is 3.27. The molecule has 2 rings (SSSR count). The number of hydrogen-bond acceptors (Lipinski definition) is 6. The van der Waals surface area contributed by atoms with Gasteiger partial charge in [-0.05, 0) is 24.2 Å². The first-order valence-corrected chi connectivity index (χ1v) is 8.59. The fraction of sp³-hybridized carbons (Fsp3) is 0.412. The van der Waals surface area contributed by atoms with Crippen LogP contribution in [0.1, 0.15) is 25.1 Å². The van der Waals surface area contributed by atoms with Crippen molar-refractivity contribution in [3.8, 4) is 11.5 Å². The monoisotopic (exact) mass is 349 g/mol. The maximum Gasteiger partial charge on any atom is 0.223 e. The van der Waals surface area contributed by atoms with Crippen molar-refractivity contribution in [3.05, 3.63) is 34.8 Å². The standard InChI is InChI=1S/C17H23N3O3S/c1-5-20(10-14-11-24-17(19-14)18-12(2)21)9-13-6-7-15(22-3)16(8-13)23-4/h6-8,11H,5,9-10H2,1-4H3,(H,18,19,21). The molecule has 24 heavy (non-hydrogen) atoms. The van der Waals surface area contributed by atoms with E-state index < -0.39 is 0 Å². The normalized spacial score (nSPS) is 10.7. The third kappa shape index (κ3) is 4.94. The molecule has 0 fully saturated rings. The van der Waals surface area contributed by atoms with Crippen LogP contribution in [0.3, 0.4) is 0 Å². The predicted octanol–water partition coefficient (Wildman–Crippen LogP) is 3.14. The summed E-state index contributed by atoms with van der Waals surface area (Å²) in [5.74, 6) is 1.35. The highest BCUT2D eigenvalue weighted by molar-refractivity contribution is 7.13. The average molecular weight is 349 g/mol. The number of methoxy groups -OCH3 is 2. The number of ether oxygens (including phenoxy) is 2. The molecule has 1 heterocycles. The van der Waals surface area contributed by atoms with Gasteiger partial charge in [0.2, 0.25) is 5.91 Å². The van der Waals surface area contributed by atoms with Crippen molar-refractivity contribution < 1.29 is 14.3 Å². The lowest BCUT2D eigenvalue weighted by atomic mass is 10.2. The molecule has 0 aliphatic heterocycles. The second kappa shape index (κ2) is 8.65. The van der Waals surface area contributed by atoms with Crippen LogP contribution in [-0.4, -0.2) is 36.6 Å². The second-order valence-electron chi connectivity index (χ2n) is 5.32. The van der Waals surface area contributed by atoms with Crippen LogP contribution in [0.2, 0.25) is 0 Å². The van der Waals surface area contributed by atoms with E-state index in [1.54, 1.807) is 14.2 Å². The Labute approximate surface area is 146 Å². The molecule has 1 aromatic heterocycles. The SMILES string of the molecule is CCN(Cc1ccc(OC)c(OC)c1)Cc1csc(NC(C)=O)n1. The number of amides is 1. The van der Waals surface area contributed by atoms with Gasteiger partial charge in [-0.25, -0.2) is 4.98 Å². The van der Waals surface area contributed by atoms with Gasteiger partial charge in [0.15, 0.2) is 16.6 Å². The number of nitrogens with zero attached hydrogens (tertiary/aromatic N) is 2. The number of carbonyl (C=O) groups excluding carboxylic acids is 1. The smallest absolute Gasteiger partial charge is 0.223 e. The fourth-order valence-corrected chi connectivity index (χ4v) is 3.08. The number of aromatic nitrogens is 1. The van der Waals surface area contributed by atoms with Gasteiger partial charge in [-0.2, -0.15) is 0 Å². The van der Waals surface area contributed by atoms with E-state index in [0.717, 1.165) is 42.4 Å². The van der Waals surface area contributed by atoms with Crippen molar-refractivity contribution in [2.24, 2.45) is 0 Å². The summed E-state index contributed by atoms with van der Waals surface area (Å²) in [6, 6.07) is 5.94. The highest BCUT2D eigenvalue weighted by atomic mass is 32.1. The Morgan fingerprint density at radius 1 is 1.25 bits per heavy atom. The maximum atomic E-state index is 11.1. The lowest BCUT2D eigenvalue weighted by Crippen LogP contribution is -2.22. The predicted molar refractivity (Wildman–Crippen MR) is 95.8 cm³/mol. The molecule has 130 valence electrons. The van der Waals surface area contributed by atoms with Crippen molar-refractivity contribution in [1.29, 1.82) is 0 Å². The van der Waals surface area contributed by atoms with Gasteiger partial charge in [0.05, 0.1) is 19.9 Å². The van der Waals surface area contributed by atoms with Gasteiger partial charge in [-0.15, -0.1) is 11.3 Å². The Morgan fingerprint density at radius 2 is 2.00 bits per heavy atom. The van der Waals surface area contributed by atoms with E-state index in [1.165, 1.54) is 18.3 Å². The summed E-state index contributed by atoms with van der Waals surface area (Å²) in [6.07, 6.45) is 0. The minimum Gasteiger partial charge on any atom is -0.493 e. The number of hydrogen-bond donors (Lipinski definition) is 1. The molecular weight excluding hydrogens is 326 g/mol. The quantitative estimate of drug-likeness (QED) is 0.793. The Morgan fingerprint density at radius 3 is 2.62 bits per heavy atom. The van der Waals surface area contributed by atoms with Crippen LogP contribution in [0.25, 0.3) is 0 Å². The van der Waals surface area contributed by atoms with Crippen LogP contribution < -0.4 is 14.8 Å². The van der Waals surface area contributed by atoms with Crippen LogP contribution in [0.4, 0.5) is 5.13 Å². The van der Waals surface area contributed by atoms with Gasteiger partial charge < -0.3 is 14.8 Å². The second-order valence-corrected chi connectivity index (χ2v) is 6.18. The maximum absolute atomic E-state index is 11.1. The number of thiazole rings is 1. The summed E-state index contributed by atoms with van der Waals surface area (Å²) in [6.45, 7) is 5.99. The van der Waals surface area contributed by atoms with Crippen LogP contribution in [-0.2, 0) is 17.9 Å². The van der Waals surface area contributed by atoms with Crippen molar-refractivity contribution in [3.63, 3.8) is 0 Å². The van der Waals surface area contributed by atoms with Crippen LogP contribution >= 0.6 is 11.3 Å². The molecule has 1 N–H and O–H groups in total. The lowest BCUT2D eigenvalue weighted by Gasteiger charge is -2.20. The molecule has 0 radical (unpaired) electrons. The van der Waals surface area contributed by atoms with Gasteiger partial charge in [0.1, 0.15) is 0 Å². The molecule has 0 spiro atoms. The Hall–Kier alpha value is -2.12. The summed E-state index contributed by atoms with van der Waals surface area (Å²) in [5.41, 5.74) is 2.10. The fourth-order valence-electron chi connectivity index (χ4n) is 2.33. The zero-order valence-corrected chi connectivity index (χ0v) is 15.3. The van der Waals surface area contributed by atoms with E-state index in [-0.39, 0.29) is 5.91 Å². The molecule has 0 bridgehead atoms. The Bertz CT molecular complexity index is 687. The number of anilines is 1. The molecule has 0 aliphatic rings. The molecule has 0 unspecified atom stereocenters. The molecule has 7 heteroatoms. The van der Waals surface area contributed by atoms with E-state index >= 15 is 0 Å². The number of nitrogens with one attached hydrogen (secondary N) is 1. The van der Waals surface area contributed by atoms with Gasteiger partial charge in [0, 0.05) is 25.4 Å². The van der Waals surface area contributed by atoms with Gasteiger partial charge in [-0.1, -0.05) is 13.0 Å². The van der Waals surface area contributed by atoms with Gasteiger partial charge in [-0.3, -0.25) is 9.69 Å². The topological polar surface area (TPSA) is 63.7 Å². The van der Waals surface area contributed by atoms with E-state index in [9.17, 15) is 4.79 Å². The number of carbonyl (C=O) groups is 1. The zero-order chi connectivity index (χ0) is 17.5. The molecule has 1 amide bonds. The first-order chi connectivity index (χ1) is 11.5. The number of rotatable bonds is 8. The molecule has 0 saturated carbocycles. The molecular formula is C17H23N3O3S. The molecule has 0 aliphatic carbocycles. The van der Waals surface area contributed by atoms with Crippen molar-refractivity contribution in [2.75, 3.05) is 26.1 Å². The minimum absolute atomic E-state index is 0.103. The lowest BCUT2D eigenvalue weighted by molar-refractivity contribution is -0.114. The zero-order valence-electron chi connectivity index (χ0n) is 14.5. The molecule has 0 atom stereocenters. The summed E-state index contributed by atoms with van der Waals surface area (Å²) in [4.78, 5) is 17.8. The third-order valence-electron chi connectivity index (χ3n) is 3.52. The highest BCUT2D eigenvalue weighted by Crippen LogP contribution is 2.28. The Balaban J connectivity index is 2.04. The van der Waals surface area contributed by atoms with E-state index in [2.05, 4.69) is 22.1 Å². The van der Waals surface area contributed by atoms with Crippen molar-refractivity contribution in [1.82, 2.24) is 9.88 Å². The average Bonchev–Trinajstić information content (AvgIpc) is 3.00. The third-order valence-corrected chi connectivity index (χ3v) is 4.33. The van der Waals surface area contributed by atoms with E-state index in [4.69, 9.17) is 9.47 Å². The van der Waals surface area contributed by atoms with Gasteiger partial charge in [0.25, 0.3) is 0 Å². The van der Waals surface area contributed by atoms with Crippen molar-refractivity contribution >= 4 is 22.4 Å². The van der Waals surface area contributed by atoms with Crippen LogP contribution in [0, 0.1) is 0 Å². The first kappa shape index (κ1) is 18.2. The largest absolute Gasteiger partial charge is 0.493 e. The van der Waals surface area contributed by atoms with E-state index in [0.29, 0.717) is 5.13 Å².